The third-order valence-corrected chi connectivity index (χ3v) is 6.86. The number of aliphatic hydroxyl groups excluding tert-OH is 1. The van der Waals surface area contributed by atoms with Gasteiger partial charge in [0.15, 0.2) is 0 Å². The molecular weight excluding hydrogens is 444 g/mol. The maximum atomic E-state index is 13.9. The van der Waals surface area contributed by atoms with Crippen molar-refractivity contribution in [3.63, 3.8) is 0 Å². The number of amides is 2. The number of β-amino-alcohol motifs (C(OH)–C–C–N with tert-alkyl or cyclic N) is 1. The molecule has 1 aliphatic heterocycles. The molecule has 3 atom stereocenters. The van der Waals surface area contributed by atoms with Crippen molar-refractivity contribution in [3.8, 4) is 6.07 Å². The standard InChI is InChI=1S/C26H34N6O3/c1-25(2,3)22(32-15-20(29-30-32)17-9-10-17)24(35)31-14-19(33)12-21(31)23(34)28-26(4,5)18-8-6-7-16(11-18)13-27/h6-8,11,15,17,19,21-22,33H,9-10,12,14H2,1-5H3,(H,28,34)/t19?,21?,22-/m1/s1. The first kappa shape index (κ1) is 24.9. The zero-order chi connectivity index (χ0) is 25.5. The predicted octanol–water partition coefficient (Wildman–Crippen LogP) is 2.63. The first-order valence-electron chi connectivity index (χ1n) is 12.1. The Morgan fingerprint density at radius 2 is 1.94 bits per heavy atom. The number of hydrogen-bond acceptors (Lipinski definition) is 6. The van der Waals surface area contributed by atoms with Gasteiger partial charge >= 0.3 is 0 Å². The van der Waals surface area contributed by atoms with Crippen LogP contribution in [0.1, 0.15) is 82.7 Å². The van der Waals surface area contributed by atoms with Crippen LogP contribution in [0, 0.1) is 16.7 Å². The third-order valence-electron chi connectivity index (χ3n) is 6.86. The van der Waals surface area contributed by atoms with E-state index in [0.717, 1.165) is 24.1 Å². The van der Waals surface area contributed by atoms with Crippen LogP contribution in [0.2, 0.25) is 0 Å². The van der Waals surface area contributed by atoms with Gasteiger partial charge in [0.05, 0.1) is 29.0 Å². The Bertz CT molecular complexity index is 1150. The molecule has 2 amide bonds. The maximum absolute atomic E-state index is 13.9. The molecule has 35 heavy (non-hydrogen) atoms. The monoisotopic (exact) mass is 478 g/mol. The number of benzene rings is 1. The number of nitrogens with one attached hydrogen (secondary N) is 1. The van der Waals surface area contributed by atoms with E-state index in [-0.39, 0.29) is 24.8 Å². The highest BCUT2D eigenvalue weighted by molar-refractivity contribution is 5.90. The highest BCUT2D eigenvalue weighted by atomic mass is 16.3. The van der Waals surface area contributed by atoms with E-state index in [2.05, 4.69) is 21.7 Å². The number of carbonyl (C=O) groups is 2. The summed E-state index contributed by atoms with van der Waals surface area (Å²) >= 11 is 0. The first-order chi connectivity index (χ1) is 16.4. The molecule has 2 aromatic rings. The Kier molecular flexibility index (Phi) is 6.45. The summed E-state index contributed by atoms with van der Waals surface area (Å²) in [7, 11) is 0. The van der Waals surface area contributed by atoms with Crippen LogP contribution in [0.4, 0.5) is 0 Å². The quantitative estimate of drug-likeness (QED) is 0.658. The Morgan fingerprint density at radius 1 is 1.23 bits per heavy atom. The van der Waals surface area contributed by atoms with Gasteiger partial charge in [-0.3, -0.25) is 9.59 Å². The Balaban J connectivity index is 1.57. The minimum Gasteiger partial charge on any atom is -0.391 e. The van der Waals surface area contributed by atoms with Gasteiger partial charge in [-0.05, 0) is 49.8 Å². The zero-order valence-corrected chi connectivity index (χ0v) is 21.0. The Hall–Kier alpha value is -3.25. The molecule has 2 fully saturated rings. The number of aliphatic hydroxyl groups is 1. The summed E-state index contributed by atoms with van der Waals surface area (Å²) in [6, 6.07) is 7.72. The van der Waals surface area contributed by atoms with Gasteiger partial charge in [0.1, 0.15) is 12.1 Å². The average molecular weight is 479 g/mol. The molecule has 1 saturated carbocycles. The normalized spacial score (nSPS) is 21.5. The molecule has 2 aliphatic rings. The van der Waals surface area contributed by atoms with Crippen molar-refractivity contribution >= 4 is 11.8 Å². The van der Waals surface area contributed by atoms with Crippen LogP contribution in [0.25, 0.3) is 0 Å². The van der Waals surface area contributed by atoms with Crippen molar-refractivity contribution < 1.29 is 14.7 Å². The van der Waals surface area contributed by atoms with Crippen LogP contribution in [0.5, 0.6) is 0 Å². The van der Waals surface area contributed by atoms with Gasteiger partial charge in [0, 0.05) is 25.1 Å². The lowest BCUT2D eigenvalue weighted by molar-refractivity contribution is -0.144. The molecule has 2 heterocycles. The number of likely N-dealkylation sites (tertiary alicyclic amines) is 1. The summed E-state index contributed by atoms with van der Waals surface area (Å²) < 4.78 is 1.62. The summed E-state index contributed by atoms with van der Waals surface area (Å²) in [5.74, 6) is -0.189. The fourth-order valence-corrected chi connectivity index (χ4v) is 4.77. The van der Waals surface area contributed by atoms with Gasteiger partial charge in [0.25, 0.3) is 0 Å². The van der Waals surface area contributed by atoms with Crippen LogP contribution < -0.4 is 5.32 Å². The van der Waals surface area contributed by atoms with E-state index in [1.54, 1.807) is 22.9 Å². The van der Waals surface area contributed by atoms with Crippen molar-refractivity contribution in [3.05, 3.63) is 47.3 Å². The predicted molar refractivity (Wildman–Crippen MR) is 129 cm³/mol. The fourth-order valence-electron chi connectivity index (χ4n) is 4.77. The molecule has 9 nitrogen and oxygen atoms in total. The molecule has 4 rings (SSSR count). The minimum atomic E-state index is -0.813. The van der Waals surface area contributed by atoms with Crippen molar-refractivity contribution in [1.29, 1.82) is 5.26 Å². The molecule has 0 radical (unpaired) electrons. The molecule has 0 spiro atoms. The molecule has 1 aromatic heterocycles. The van der Waals surface area contributed by atoms with E-state index in [0.29, 0.717) is 11.5 Å². The van der Waals surface area contributed by atoms with Gasteiger partial charge < -0.3 is 15.3 Å². The van der Waals surface area contributed by atoms with E-state index in [1.807, 2.05) is 46.9 Å². The van der Waals surface area contributed by atoms with Crippen LogP contribution in [0.15, 0.2) is 30.5 Å². The molecule has 9 heteroatoms. The summed E-state index contributed by atoms with van der Waals surface area (Å²) in [5, 5.41) is 31.3. The van der Waals surface area contributed by atoms with Crippen molar-refractivity contribution in [2.24, 2.45) is 5.41 Å². The number of nitriles is 1. The van der Waals surface area contributed by atoms with Crippen molar-refractivity contribution in [2.45, 2.75) is 83.5 Å². The smallest absolute Gasteiger partial charge is 0.248 e. The van der Waals surface area contributed by atoms with E-state index < -0.39 is 29.1 Å². The van der Waals surface area contributed by atoms with Crippen LogP contribution >= 0.6 is 0 Å². The Morgan fingerprint density at radius 3 is 2.57 bits per heavy atom. The van der Waals surface area contributed by atoms with Gasteiger partial charge in [-0.25, -0.2) is 4.68 Å². The highest BCUT2D eigenvalue weighted by Crippen LogP contribution is 2.40. The van der Waals surface area contributed by atoms with Gasteiger partial charge in [0.2, 0.25) is 11.8 Å². The lowest BCUT2D eigenvalue weighted by atomic mass is 9.85. The van der Waals surface area contributed by atoms with E-state index >= 15 is 0 Å². The largest absolute Gasteiger partial charge is 0.391 e. The second-order valence-electron chi connectivity index (χ2n) is 11.4. The number of nitrogens with zero attached hydrogens (tertiary/aromatic N) is 5. The molecule has 2 unspecified atom stereocenters. The van der Waals surface area contributed by atoms with Gasteiger partial charge in [-0.2, -0.15) is 5.26 Å². The lowest BCUT2D eigenvalue weighted by Gasteiger charge is -2.36. The first-order valence-corrected chi connectivity index (χ1v) is 12.1. The molecule has 2 N–H and O–H groups in total. The average Bonchev–Trinajstić information content (AvgIpc) is 3.39. The zero-order valence-electron chi connectivity index (χ0n) is 21.0. The summed E-state index contributed by atoms with van der Waals surface area (Å²) in [5.41, 5.74) is 0.912. The van der Waals surface area contributed by atoms with Gasteiger partial charge in [-0.15, -0.1) is 5.10 Å². The van der Waals surface area contributed by atoms with E-state index in [9.17, 15) is 20.0 Å². The molecular formula is C26H34N6O3. The molecule has 1 saturated heterocycles. The third kappa shape index (κ3) is 5.22. The number of aromatic nitrogens is 3. The molecule has 1 aliphatic carbocycles. The van der Waals surface area contributed by atoms with E-state index in [4.69, 9.17) is 0 Å². The SMILES string of the molecule is CC(C)(NC(=O)C1CC(O)CN1C(=O)[C@@H](n1cc(C2CC2)nn1)C(C)(C)C)c1cccc(C#N)c1. The van der Waals surface area contributed by atoms with Crippen LogP contribution in [-0.2, 0) is 15.1 Å². The number of carbonyl (C=O) groups excluding carboxylic acids is 2. The second-order valence-corrected chi connectivity index (χ2v) is 11.4. The van der Waals surface area contributed by atoms with Crippen LogP contribution in [0.3, 0.4) is 0 Å². The van der Waals surface area contributed by atoms with Gasteiger partial charge in [-0.1, -0.05) is 38.1 Å². The minimum absolute atomic E-state index is 0.0814. The van der Waals surface area contributed by atoms with E-state index in [1.165, 1.54) is 4.90 Å². The topological polar surface area (TPSA) is 124 Å². The second kappa shape index (κ2) is 9.08. The van der Waals surface area contributed by atoms with Crippen molar-refractivity contribution in [1.82, 2.24) is 25.2 Å². The summed E-state index contributed by atoms with van der Waals surface area (Å²) in [6.45, 7) is 9.66. The highest BCUT2D eigenvalue weighted by Gasteiger charge is 2.46. The number of rotatable bonds is 6. The summed E-state index contributed by atoms with van der Waals surface area (Å²) in [6.07, 6.45) is 3.38. The molecule has 1 aromatic carbocycles. The number of hydrogen-bond donors (Lipinski definition) is 2. The molecule has 186 valence electrons. The molecule has 0 bridgehead atoms. The maximum Gasteiger partial charge on any atom is 0.248 e. The fraction of sp³-hybridized carbons (Fsp3) is 0.577. The van der Waals surface area contributed by atoms with Crippen molar-refractivity contribution in [2.75, 3.05) is 6.54 Å². The lowest BCUT2D eigenvalue weighted by Crippen LogP contribution is -2.53. The Labute approximate surface area is 206 Å². The summed E-state index contributed by atoms with van der Waals surface area (Å²) in [4.78, 5) is 28.8. The van der Waals surface area contributed by atoms with Crippen LogP contribution in [-0.4, -0.2) is 55.5 Å².